The molecule has 3 heteroatoms. The van der Waals surface area contributed by atoms with Gasteiger partial charge >= 0.3 is 6.09 Å². The van der Waals surface area contributed by atoms with Gasteiger partial charge in [0, 0.05) is 0 Å². The summed E-state index contributed by atoms with van der Waals surface area (Å²) in [5.41, 5.74) is 6.38. The zero-order chi connectivity index (χ0) is 15.5. The van der Waals surface area contributed by atoms with Crippen LogP contribution in [0, 0.1) is 0 Å². The van der Waals surface area contributed by atoms with Crippen molar-refractivity contribution in [2.24, 2.45) is 0 Å². The van der Waals surface area contributed by atoms with E-state index in [4.69, 9.17) is 4.74 Å². The van der Waals surface area contributed by atoms with Crippen molar-refractivity contribution in [1.29, 1.82) is 0 Å². The highest BCUT2D eigenvalue weighted by atomic mass is 16.5. The van der Waals surface area contributed by atoms with Gasteiger partial charge in [0.1, 0.15) is 0 Å². The van der Waals surface area contributed by atoms with Gasteiger partial charge in [0.25, 0.3) is 0 Å². The SMILES string of the molecule is CCc1cccc2c1CCc1ccccc1C2NC(=O)OC. The number of aryl methyl sites for hydroxylation is 2. The Kier molecular flexibility index (Phi) is 4.14. The smallest absolute Gasteiger partial charge is 0.407 e. The molecule has 0 radical (unpaired) electrons. The first-order valence-corrected chi connectivity index (χ1v) is 7.77. The molecule has 0 heterocycles. The van der Waals surface area contributed by atoms with Gasteiger partial charge in [0.15, 0.2) is 0 Å². The Morgan fingerprint density at radius 3 is 2.68 bits per heavy atom. The maximum absolute atomic E-state index is 11.8. The molecule has 2 aromatic rings. The highest BCUT2D eigenvalue weighted by Gasteiger charge is 2.26. The first-order valence-electron chi connectivity index (χ1n) is 7.77. The van der Waals surface area contributed by atoms with E-state index >= 15 is 0 Å². The third-order valence-electron chi connectivity index (χ3n) is 4.46. The molecule has 0 spiro atoms. The molecule has 1 unspecified atom stereocenters. The molecule has 114 valence electrons. The molecule has 3 rings (SSSR count). The lowest BCUT2D eigenvalue weighted by molar-refractivity contribution is 0.168. The fourth-order valence-corrected chi connectivity index (χ4v) is 3.36. The summed E-state index contributed by atoms with van der Waals surface area (Å²) in [6.45, 7) is 2.18. The Morgan fingerprint density at radius 2 is 1.91 bits per heavy atom. The highest BCUT2D eigenvalue weighted by molar-refractivity contribution is 5.69. The van der Waals surface area contributed by atoms with Crippen molar-refractivity contribution in [3.05, 3.63) is 70.3 Å². The summed E-state index contributed by atoms with van der Waals surface area (Å²) in [5, 5.41) is 3.01. The van der Waals surface area contributed by atoms with Gasteiger partial charge in [-0.3, -0.25) is 0 Å². The van der Waals surface area contributed by atoms with Crippen LogP contribution in [0.1, 0.15) is 40.8 Å². The Morgan fingerprint density at radius 1 is 1.14 bits per heavy atom. The third-order valence-corrected chi connectivity index (χ3v) is 4.46. The number of ether oxygens (including phenoxy) is 1. The van der Waals surface area contributed by atoms with Gasteiger partial charge in [-0.1, -0.05) is 49.4 Å². The molecule has 1 aliphatic carbocycles. The molecule has 0 saturated carbocycles. The molecule has 1 aliphatic rings. The maximum atomic E-state index is 11.8. The minimum atomic E-state index is -0.394. The van der Waals surface area contributed by atoms with Crippen LogP contribution >= 0.6 is 0 Å². The van der Waals surface area contributed by atoms with E-state index in [1.54, 1.807) is 0 Å². The van der Waals surface area contributed by atoms with E-state index in [0.717, 1.165) is 19.3 Å². The van der Waals surface area contributed by atoms with Crippen LogP contribution in [0.4, 0.5) is 4.79 Å². The number of benzene rings is 2. The van der Waals surface area contributed by atoms with Gasteiger partial charge < -0.3 is 10.1 Å². The van der Waals surface area contributed by atoms with E-state index in [1.807, 2.05) is 6.07 Å². The lowest BCUT2D eigenvalue weighted by atomic mass is 9.91. The fourth-order valence-electron chi connectivity index (χ4n) is 3.36. The van der Waals surface area contributed by atoms with Crippen molar-refractivity contribution in [2.75, 3.05) is 7.11 Å². The monoisotopic (exact) mass is 295 g/mol. The molecule has 0 fully saturated rings. The molecule has 0 aliphatic heterocycles. The van der Waals surface area contributed by atoms with Crippen LogP contribution in [0.2, 0.25) is 0 Å². The summed E-state index contributed by atoms with van der Waals surface area (Å²) >= 11 is 0. The number of alkyl carbamates (subject to hydrolysis) is 1. The van der Waals surface area contributed by atoms with Gasteiger partial charge in [-0.2, -0.15) is 0 Å². The van der Waals surface area contributed by atoms with Crippen molar-refractivity contribution >= 4 is 6.09 Å². The summed E-state index contributed by atoms with van der Waals surface area (Å²) < 4.78 is 4.83. The minimum absolute atomic E-state index is 0.146. The van der Waals surface area contributed by atoms with E-state index in [1.165, 1.54) is 34.9 Å². The molecular weight excluding hydrogens is 274 g/mol. The molecule has 1 amide bonds. The molecule has 22 heavy (non-hydrogen) atoms. The summed E-state index contributed by atoms with van der Waals surface area (Å²) in [6, 6.07) is 14.6. The fraction of sp³-hybridized carbons (Fsp3) is 0.316. The summed E-state index contributed by atoms with van der Waals surface area (Å²) in [6.07, 6.45) is 2.62. The van der Waals surface area contributed by atoms with E-state index in [2.05, 4.69) is 48.6 Å². The zero-order valence-corrected chi connectivity index (χ0v) is 13.1. The average molecular weight is 295 g/mol. The molecule has 1 atom stereocenters. The normalized spacial score (nSPS) is 16.2. The summed E-state index contributed by atoms with van der Waals surface area (Å²) in [4.78, 5) is 11.8. The van der Waals surface area contributed by atoms with Crippen molar-refractivity contribution < 1.29 is 9.53 Å². The number of hydrogen-bond acceptors (Lipinski definition) is 2. The zero-order valence-electron chi connectivity index (χ0n) is 13.1. The lowest BCUT2D eigenvalue weighted by Gasteiger charge is -2.22. The van der Waals surface area contributed by atoms with Gasteiger partial charge in [0.05, 0.1) is 13.2 Å². The topological polar surface area (TPSA) is 38.3 Å². The molecule has 1 N–H and O–H groups in total. The Hall–Kier alpha value is -2.29. The van der Waals surface area contributed by atoms with Crippen molar-refractivity contribution in [3.8, 4) is 0 Å². The van der Waals surface area contributed by atoms with Crippen molar-refractivity contribution in [3.63, 3.8) is 0 Å². The second kappa shape index (κ2) is 6.22. The van der Waals surface area contributed by atoms with Crippen molar-refractivity contribution in [1.82, 2.24) is 5.32 Å². The molecular formula is C19H21NO2. The van der Waals surface area contributed by atoms with E-state index in [9.17, 15) is 4.79 Å². The first-order chi connectivity index (χ1) is 10.7. The lowest BCUT2D eigenvalue weighted by Crippen LogP contribution is -2.29. The van der Waals surface area contributed by atoms with Gasteiger partial charge in [-0.25, -0.2) is 4.79 Å². The quantitative estimate of drug-likeness (QED) is 0.915. The maximum Gasteiger partial charge on any atom is 0.407 e. The highest BCUT2D eigenvalue weighted by Crippen LogP contribution is 2.34. The predicted octanol–water partition coefficient (Wildman–Crippen LogP) is 3.79. The first kappa shape index (κ1) is 14.6. The van der Waals surface area contributed by atoms with Gasteiger partial charge in [-0.05, 0) is 47.1 Å². The number of rotatable bonds is 2. The Balaban J connectivity index is 2.15. The molecule has 3 nitrogen and oxygen atoms in total. The number of carbonyl (C=O) groups excluding carboxylic acids is 1. The standard InChI is InChI=1S/C19H21NO2/c1-3-13-8-6-10-17-15(13)12-11-14-7-4-5-9-16(14)18(17)20-19(21)22-2/h4-10,18H,3,11-12H2,1-2H3,(H,20,21). The van der Waals surface area contributed by atoms with Gasteiger partial charge in [0.2, 0.25) is 0 Å². The molecule has 0 saturated heterocycles. The van der Waals surface area contributed by atoms with Crippen LogP contribution < -0.4 is 5.32 Å². The second-order valence-corrected chi connectivity index (χ2v) is 5.61. The Bertz CT molecular complexity index is 694. The van der Waals surface area contributed by atoms with Crippen LogP contribution in [-0.2, 0) is 24.0 Å². The molecule has 0 bridgehead atoms. The van der Waals surface area contributed by atoms with Gasteiger partial charge in [-0.15, -0.1) is 0 Å². The van der Waals surface area contributed by atoms with E-state index in [0.29, 0.717) is 0 Å². The minimum Gasteiger partial charge on any atom is -0.453 e. The number of carbonyl (C=O) groups is 1. The predicted molar refractivity (Wildman–Crippen MR) is 87.1 cm³/mol. The van der Waals surface area contributed by atoms with Crippen LogP contribution in [0.5, 0.6) is 0 Å². The summed E-state index contributed by atoms with van der Waals surface area (Å²) in [5.74, 6) is 0. The largest absolute Gasteiger partial charge is 0.453 e. The van der Waals surface area contributed by atoms with Crippen LogP contribution in [-0.4, -0.2) is 13.2 Å². The van der Waals surface area contributed by atoms with Crippen LogP contribution in [0.25, 0.3) is 0 Å². The number of amides is 1. The number of nitrogens with one attached hydrogen (secondary N) is 1. The average Bonchev–Trinajstić information content (AvgIpc) is 2.72. The number of hydrogen-bond donors (Lipinski definition) is 1. The summed E-state index contributed by atoms with van der Waals surface area (Å²) in [7, 11) is 1.40. The molecule has 0 aromatic heterocycles. The van der Waals surface area contributed by atoms with Crippen LogP contribution in [0.3, 0.4) is 0 Å². The van der Waals surface area contributed by atoms with Crippen LogP contribution in [0.15, 0.2) is 42.5 Å². The van der Waals surface area contributed by atoms with E-state index in [-0.39, 0.29) is 6.04 Å². The second-order valence-electron chi connectivity index (χ2n) is 5.61. The number of fused-ring (bicyclic) bond motifs is 2. The third kappa shape index (κ3) is 2.59. The molecule has 2 aromatic carbocycles. The van der Waals surface area contributed by atoms with E-state index < -0.39 is 6.09 Å². The Labute approximate surface area is 131 Å². The van der Waals surface area contributed by atoms with Crippen molar-refractivity contribution in [2.45, 2.75) is 32.2 Å². The number of methoxy groups -OCH3 is 1.